The Hall–Kier alpha value is -2.62. The SMILES string of the molecule is C=CC1=CC[C@H]2C(=O)C=C(C)C(=O)[C@@]2(C)[C@H]1c1c(O)cccc1OC. The molecule has 0 fully saturated rings. The molecular formula is C21H22O4. The van der Waals surface area contributed by atoms with Gasteiger partial charge < -0.3 is 9.84 Å². The summed E-state index contributed by atoms with van der Waals surface area (Å²) in [6.07, 6.45) is 5.57. The predicted octanol–water partition coefficient (Wildman–Crippen LogP) is 3.72. The lowest BCUT2D eigenvalue weighted by Gasteiger charge is -2.47. The van der Waals surface area contributed by atoms with E-state index in [0.717, 1.165) is 5.57 Å². The second kappa shape index (κ2) is 6.03. The van der Waals surface area contributed by atoms with Gasteiger partial charge in [-0.2, -0.15) is 0 Å². The average molecular weight is 338 g/mol. The highest BCUT2D eigenvalue weighted by atomic mass is 16.5. The van der Waals surface area contributed by atoms with Crippen LogP contribution in [0, 0.1) is 11.3 Å². The molecule has 0 unspecified atom stereocenters. The zero-order valence-electron chi connectivity index (χ0n) is 14.7. The maximum Gasteiger partial charge on any atom is 0.166 e. The van der Waals surface area contributed by atoms with Gasteiger partial charge >= 0.3 is 0 Å². The molecule has 1 aromatic carbocycles. The smallest absolute Gasteiger partial charge is 0.166 e. The molecule has 0 saturated carbocycles. The van der Waals surface area contributed by atoms with E-state index in [4.69, 9.17) is 4.74 Å². The van der Waals surface area contributed by atoms with E-state index in [2.05, 4.69) is 6.58 Å². The Balaban J connectivity index is 2.32. The van der Waals surface area contributed by atoms with Crippen molar-refractivity contribution >= 4 is 11.6 Å². The van der Waals surface area contributed by atoms with Crippen LogP contribution in [0.3, 0.4) is 0 Å². The first-order valence-electron chi connectivity index (χ1n) is 8.31. The van der Waals surface area contributed by atoms with Gasteiger partial charge in [-0.15, -0.1) is 0 Å². The van der Waals surface area contributed by atoms with E-state index in [9.17, 15) is 14.7 Å². The Morgan fingerprint density at radius 2 is 2.08 bits per heavy atom. The van der Waals surface area contributed by atoms with E-state index in [1.807, 2.05) is 13.0 Å². The van der Waals surface area contributed by atoms with Crippen LogP contribution in [-0.2, 0) is 9.59 Å². The number of aromatic hydroxyl groups is 1. The molecule has 0 aromatic heterocycles. The van der Waals surface area contributed by atoms with Crippen molar-refractivity contribution < 1.29 is 19.4 Å². The Morgan fingerprint density at radius 1 is 1.36 bits per heavy atom. The van der Waals surface area contributed by atoms with E-state index >= 15 is 0 Å². The van der Waals surface area contributed by atoms with Crippen molar-refractivity contribution in [3.63, 3.8) is 0 Å². The highest BCUT2D eigenvalue weighted by Gasteiger charge is 2.56. The van der Waals surface area contributed by atoms with Crippen molar-refractivity contribution in [1.29, 1.82) is 0 Å². The summed E-state index contributed by atoms with van der Waals surface area (Å²) < 4.78 is 5.45. The van der Waals surface area contributed by atoms with Crippen LogP contribution in [0.5, 0.6) is 11.5 Å². The molecule has 1 N–H and O–H groups in total. The molecule has 0 amide bonds. The highest BCUT2D eigenvalue weighted by molar-refractivity contribution is 6.13. The molecule has 3 rings (SSSR count). The molecule has 2 aliphatic carbocycles. The number of phenols is 1. The van der Waals surface area contributed by atoms with Crippen molar-refractivity contribution in [2.45, 2.75) is 26.2 Å². The van der Waals surface area contributed by atoms with Crippen LogP contribution in [0.4, 0.5) is 0 Å². The lowest BCUT2D eigenvalue weighted by molar-refractivity contribution is -0.137. The molecule has 4 nitrogen and oxygen atoms in total. The largest absolute Gasteiger partial charge is 0.508 e. The molecule has 0 aliphatic heterocycles. The summed E-state index contributed by atoms with van der Waals surface area (Å²) in [5, 5.41) is 10.6. The number of rotatable bonds is 3. The molecule has 0 spiro atoms. The minimum atomic E-state index is -0.986. The number of hydrogen-bond acceptors (Lipinski definition) is 4. The van der Waals surface area contributed by atoms with E-state index < -0.39 is 17.3 Å². The van der Waals surface area contributed by atoms with E-state index in [-0.39, 0.29) is 17.3 Å². The number of ether oxygens (including phenoxy) is 1. The zero-order valence-corrected chi connectivity index (χ0v) is 14.7. The molecule has 0 saturated heterocycles. The van der Waals surface area contributed by atoms with Crippen molar-refractivity contribution in [2.24, 2.45) is 11.3 Å². The Labute approximate surface area is 147 Å². The van der Waals surface area contributed by atoms with Gasteiger partial charge in [0.2, 0.25) is 0 Å². The fourth-order valence-corrected chi connectivity index (χ4v) is 4.34. The van der Waals surface area contributed by atoms with Gasteiger partial charge in [0.05, 0.1) is 12.5 Å². The number of allylic oxidation sites excluding steroid dienone is 5. The summed E-state index contributed by atoms with van der Waals surface area (Å²) in [7, 11) is 1.53. The summed E-state index contributed by atoms with van der Waals surface area (Å²) in [4.78, 5) is 25.8. The molecule has 130 valence electrons. The number of carbonyl (C=O) groups is 2. The quantitative estimate of drug-likeness (QED) is 0.912. The topological polar surface area (TPSA) is 63.6 Å². The van der Waals surface area contributed by atoms with Crippen LogP contribution < -0.4 is 4.74 Å². The molecule has 25 heavy (non-hydrogen) atoms. The van der Waals surface area contributed by atoms with Crippen LogP contribution >= 0.6 is 0 Å². The number of fused-ring (bicyclic) bond motifs is 1. The summed E-state index contributed by atoms with van der Waals surface area (Å²) in [5.74, 6) is -0.529. The van der Waals surface area contributed by atoms with Crippen LogP contribution in [0.15, 0.2) is 54.2 Å². The summed E-state index contributed by atoms with van der Waals surface area (Å²) in [5.41, 5.74) is 0.822. The monoisotopic (exact) mass is 338 g/mol. The number of carbonyl (C=O) groups excluding carboxylic acids is 2. The van der Waals surface area contributed by atoms with Crippen LogP contribution in [-0.4, -0.2) is 23.8 Å². The van der Waals surface area contributed by atoms with Gasteiger partial charge in [-0.1, -0.05) is 31.7 Å². The fourth-order valence-electron chi connectivity index (χ4n) is 4.34. The van der Waals surface area contributed by atoms with Crippen molar-refractivity contribution in [2.75, 3.05) is 7.11 Å². The van der Waals surface area contributed by atoms with Gasteiger partial charge in [0.15, 0.2) is 11.6 Å². The third-order valence-corrected chi connectivity index (χ3v) is 5.58. The van der Waals surface area contributed by atoms with E-state index in [0.29, 0.717) is 23.3 Å². The molecule has 0 bridgehead atoms. The second-order valence-corrected chi connectivity index (χ2v) is 6.86. The van der Waals surface area contributed by atoms with Crippen molar-refractivity contribution in [3.8, 4) is 11.5 Å². The molecule has 0 heterocycles. The first-order valence-corrected chi connectivity index (χ1v) is 8.31. The molecule has 3 atom stereocenters. The number of benzene rings is 1. The van der Waals surface area contributed by atoms with Gasteiger partial charge in [0.1, 0.15) is 11.5 Å². The first-order chi connectivity index (χ1) is 11.9. The molecule has 1 aromatic rings. The van der Waals surface area contributed by atoms with Gasteiger partial charge in [-0.05, 0) is 42.7 Å². The van der Waals surface area contributed by atoms with Gasteiger partial charge in [0, 0.05) is 17.4 Å². The maximum absolute atomic E-state index is 13.2. The zero-order chi connectivity index (χ0) is 18.4. The number of ketones is 2. The fraction of sp³-hybridized carbons (Fsp3) is 0.333. The second-order valence-electron chi connectivity index (χ2n) is 6.86. The first kappa shape index (κ1) is 17.2. The normalized spacial score (nSPS) is 28.8. The van der Waals surface area contributed by atoms with E-state index in [1.165, 1.54) is 13.2 Å². The Kier molecular flexibility index (Phi) is 4.15. The summed E-state index contributed by atoms with van der Waals surface area (Å²) >= 11 is 0. The summed E-state index contributed by atoms with van der Waals surface area (Å²) in [6.45, 7) is 7.37. The Bertz CT molecular complexity index is 830. The third kappa shape index (κ3) is 2.36. The lowest BCUT2D eigenvalue weighted by Crippen LogP contribution is -2.49. The van der Waals surface area contributed by atoms with Crippen molar-refractivity contribution in [3.05, 3.63) is 59.7 Å². The number of phenolic OH excluding ortho intramolecular Hbond substituents is 1. The highest BCUT2D eigenvalue weighted by Crippen LogP contribution is 2.57. The summed E-state index contributed by atoms with van der Waals surface area (Å²) in [6, 6.07) is 5.01. The average Bonchev–Trinajstić information content (AvgIpc) is 2.59. The third-order valence-electron chi connectivity index (χ3n) is 5.58. The van der Waals surface area contributed by atoms with Gasteiger partial charge in [0.25, 0.3) is 0 Å². The van der Waals surface area contributed by atoms with Gasteiger partial charge in [-0.25, -0.2) is 0 Å². The number of hydrogen-bond donors (Lipinski definition) is 1. The number of methoxy groups -OCH3 is 1. The molecule has 4 heteroatoms. The minimum absolute atomic E-state index is 0.0432. The van der Waals surface area contributed by atoms with Crippen LogP contribution in [0.2, 0.25) is 0 Å². The van der Waals surface area contributed by atoms with Crippen LogP contribution in [0.1, 0.15) is 31.7 Å². The van der Waals surface area contributed by atoms with E-state index in [1.54, 1.807) is 31.2 Å². The molecular weight excluding hydrogens is 316 g/mol. The molecule has 2 aliphatic rings. The predicted molar refractivity (Wildman–Crippen MR) is 95.7 cm³/mol. The Morgan fingerprint density at radius 3 is 2.72 bits per heavy atom. The number of Topliss-reactive ketones (excluding diaryl/α,β-unsaturated/α-hetero) is 1. The van der Waals surface area contributed by atoms with Crippen LogP contribution in [0.25, 0.3) is 0 Å². The minimum Gasteiger partial charge on any atom is -0.508 e. The maximum atomic E-state index is 13.2. The van der Waals surface area contributed by atoms with Gasteiger partial charge in [-0.3, -0.25) is 9.59 Å². The lowest BCUT2D eigenvalue weighted by atomic mass is 9.53. The molecule has 0 radical (unpaired) electrons. The standard InChI is InChI=1S/C21H22O4/c1-5-13-9-10-14-16(23)11-12(2)20(24)21(14,3)19(13)18-15(22)7-6-8-17(18)25-4/h5-9,11,14,19,22H,1,10H2,2-4H3/t14-,19+,21+/m0/s1. The van der Waals surface area contributed by atoms with Crippen molar-refractivity contribution in [1.82, 2.24) is 0 Å².